The Kier molecular flexibility index (Phi) is 3.88. The van der Waals surface area contributed by atoms with E-state index < -0.39 is 0 Å². The lowest BCUT2D eigenvalue weighted by Crippen LogP contribution is -2.02. The number of nitrogens with zero attached hydrogens (tertiary/aromatic N) is 1. The van der Waals surface area contributed by atoms with Crippen molar-refractivity contribution < 1.29 is 4.79 Å². The van der Waals surface area contributed by atoms with Gasteiger partial charge in [-0.15, -0.1) is 22.7 Å². The van der Waals surface area contributed by atoms with Gasteiger partial charge in [0.15, 0.2) is 5.78 Å². The fraction of sp³-hybridized carbons (Fsp3) is 0.273. The number of Topliss-reactive ketones (excluding diaryl/α,β-unsaturated/α-hetero) is 1. The molecule has 0 aliphatic heterocycles. The maximum atomic E-state index is 12.0. The van der Waals surface area contributed by atoms with E-state index >= 15 is 0 Å². The van der Waals surface area contributed by atoms with E-state index in [-0.39, 0.29) is 12.2 Å². The fourth-order valence-corrected chi connectivity index (χ4v) is 3.81. The summed E-state index contributed by atoms with van der Waals surface area (Å²) < 4.78 is 0.981. The van der Waals surface area contributed by atoms with E-state index in [9.17, 15) is 4.79 Å². The van der Waals surface area contributed by atoms with Gasteiger partial charge in [-0.25, -0.2) is 4.98 Å². The number of aryl methyl sites for hydroxylation is 2. The van der Waals surface area contributed by atoms with Crippen LogP contribution in [-0.4, -0.2) is 10.8 Å². The highest BCUT2D eigenvalue weighted by atomic mass is 35.5. The number of ketones is 1. The fourth-order valence-electron chi connectivity index (χ4n) is 1.38. The molecule has 0 aliphatic rings. The van der Waals surface area contributed by atoms with Gasteiger partial charge in [0.2, 0.25) is 0 Å². The Labute approximate surface area is 117 Å². The normalized spacial score (nSPS) is 10.8. The summed E-state index contributed by atoms with van der Waals surface area (Å²) in [4.78, 5) is 17.5. The van der Waals surface area contributed by atoms with Crippen molar-refractivity contribution in [3.05, 3.63) is 35.9 Å². The molecule has 2 rings (SSSR count). The van der Waals surface area contributed by atoms with Gasteiger partial charge in [0.05, 0.1) is 16.5 Å². The van der Waals surface area contributed by atoms with E-state index in [2.05, 4.69) is 4.98 Å². The third kappa shape index (κ3) is 2.88. The van der Waals surface area contributed by atoms with Gasteiger partial charge in [0.25, 0.3) is 0 Å². The first-order valence-electron chi connectivity index (χ1n) is 4.88. The van der Waals surface area contributed by atoms with Crippen LogP contribution >= 0.6 is 45.9 Å². The topological polar surface area (TPSA) is 30.0 Å². The van der Waals surface area contributed by atoms with Crippen molar-refractivity contribution in [2.24, 2.45) is 0 Å². The van der Waals surface area contributed by atoms with Crippen LogP contribution in [0, 0.1) is 13.8 Å². The Bertz CT molecular complexity index is 555. The Morgan fingerprint density at radius 2 is 2.06 bits per heavy atom. The van der Waals surface area contributed by atoms with Crippen LogP contribution in [0.25, 0.3) is 0 Å². The number of hydrogen-bond donors (Lipinski definition) is 0. The molecule has 0 spiro atoms. The van der Waals surface area contributed by atoms with Gasteiger partial charge < -0.3 is 0 Å². The number of aromatic nitrogens is 1. The van der Waals surface area contributed by atoms with E-state index in [1.807, 2.05) is 13.8 Å². The molecule has 6 heteroatoms. The van der Waals surface area contributed by atoms with Gasteiger partial charge in [-0.3, -0.25) is 4.79 Å². The molecule has 0 N–H and O–H groups in total. The summed E-state index contributed by atoms with van der Waals surface area (Å²) in [5, 5.41) is 0.823. The molecule has 0 radical (unpaired) electrons. The lowest BCUT2D eigenvalue weighted by molar-refractivity contribution is 0.0993. The molecule has 2 heterocycles. The van der Waals surface area contributed by atoms with Gasteiger partial charge in [-0.2, -0.15) is 0 Å². The lowest BCUT2D eigenvalue weighted by atomic mass is 10.2. The predicted octanol–water partition coefficient (Wildman–Crippen LogP) is 4.55. The third-order valence-electron chi connectivity index (χ3n) is 2.34. The summed E-state index contributed by atoms with van der Waals surface area (Å²) in [6.07, 6.45) is 0.284. The van der Waals surface area contributed by atoms with Gasteiger partial charge in [-0.05, 0) is 19.9 Å². The zero-order chi connectivity index (χ0) is 12.6. The molecule has 0 saturated heterocycles. The van der Waals surface area contributed by atoms with Crippen molar-refractivity contribution in [1.82, 2.24) is 4.98 Å². The first kappa shape index (κ1) is 13.0. The Hall–Kier alpha value is -0.420. The minimum atomic E-state index is -0.0353. The van der Waals surface area contributed by atoms with Crippen LogP contribution < -0.4 is 0 Å². The smallest absolute Gasteiger partial charge is 0.172 e. The largest absolute Gasteiger partial charge is 0.294 e. The van der Waals surface area contributed by atoms with Crippen molar-refractivity contribution in [2.45, 2.75) is 20.3 Å². The summed E-state index contributed by atoms with van der Waals surface area (Å²) in [5.41, 5.74) is 1.47. The lowest BCUT2D eigenvalue weighted by Gasteiger charge is -1.95. The van der Waals surface area contributed by atoms with E-state index in [1.165, 1.54) is 11.3 Å². The molecule has 0 amide bonds. The van der Waals surface area contributed by atoms with Crippen molar-refractivity contribution in [3.8, 4) is 0 Å². The second-order valence-electron chi connectivity index (χ2n) is 3.59. The first-order valence-corrected chi connectivity index (χ1v) is 7.27. The summed E-state index contributed by atoms with van der Waals surface area (Å²) in [6.45, 7) is 3.93. The molecular weight excluding hydrogens is 297 g/mol. The zero-order valence-electron chi connectivity index (χ0n) is 9.21. The monoisotopic (exact) mass is 305 g/mol. The van der Waals surface area contributed by atoms with E-state index in [0.29, 0.717) is 14.2 Å². The standard InChI is InChI=1S/C11H9Cl2NOS2/c1-5-6(2)16-10(14-5)4-8(15)7-3-9(12)17-11(7)13/h3H,4H2,1-2H3. The van der Waals surface area contributed by atoms with Crippen LogP contribution in [-0.2, 0) is 6.42 Å². The van der Waals surface area contributed by atoms with Gasteiger partial charge >= 0.3 is 0 Å². The minimum absolute atomic E-state index is 0.0353. The highest BCUT2D eigenvalue weighted by molar-refractivity contribution is 7.20. The molecule has 17 heavy (non-hydrogen) atoms. The average molecular weight is 306 g/mol. The highest BCUT2D eigenvalue weighted by Gasteiger charge is 2.16. The third-order valence-corrected chi connectivity index (χ3v) is 4.90. The number of rotatable bonds is 3. The van der Waals surface area contributed by atoms with Crippen LogP contribution in [0.4, 0.5) is 0 Å². The number of thiazole rings is 1. The van der Waals surface area contributed by atoms with Crippen molar-refractivity contribution >= 4 is 51.7 Å². The molecule has 2 nitrogen and oxygen atoms in total. The molecule has 0 fully saturated rings. The van der Waals surface area contributed by atoms with E-state index in [4.69, 9.17) is 23.2 Å². The highest BCUT2D eigenvalue weighted by Crippen LogP contribution is 2.32. The summed E-state index contributed by atoms with van der Waals surface area (Å²) in [5.74, 6) is -0.0353. The number of thiophene rings is 1. The number of halogens is 2. The van der Waals surface area contributed by atoms with Gasteiger partial charge in [-0.1, -0.05) is 23.2 Å². The van der Waals surface area contributed by atoms with Crippen LogP contribution in [0.15, 0.2) is 6.07 Å². The van der Waals surface area contributed by atoms with Gasteiger partial charge in [0, 0.05) is 10.4 Å². The second kappa shape index (κ2) is 5.06. The van der Waals surface area contributed by atoms with Crippen molar-refractivity contribution in [2.75, 3.05) is 0 Å². The minimum Gasteiger partial charge on any atom is -0.294 e. The summed E-state index contributed by atoms with van der Waals surface area (Å²) in [7, 11) is 0. The van der Waals surface area contributed by atoms with Gasteiger partial charge in [0.1, 0.15) is 9.34 Å². The molecule has 90 valence electrons. The molecule has 0 bridgehead atoms. The predicted molar refractivity (Wildman–Crippen MR) is 74.0 cm³/mol. The van der Waals surface area contributed by atoms with E-state index in [1.54, 1.807) is 17.4 Å². The number of hydrogen-bond acceptors (Lipinski definition) is 4. The molecule has 0 atom stereocenters. The first-order chi connectivity index (χ1) is 7.97. The Morgan fingerprint density at radius 3 is 2.53 bits per heavy atom. The van der Waals surface area contributed by atoms with Crippen LogP contribution in [0.5, 0.6) is 0 Å². The molecule has 2 aromatic rings. The zero-order valence-corrected chi connectivity index (χ0v) is 12.4. The van der Waals surface area contributed by atoms with Crippen molar-refractivity contribution in [3.63, 3.8) is 0 Å². The summed E-state index contributed by atoms with van der Waals surface area (Å²) >= 11 is 14.5. The van der Waals surface area contributed by atoms with Crippen LogP contribution in [0.1, 0.15) is 25.9 Å². The molecule has 0 saturated carbocycles. The Morgan fingerprint density at radius 1 is 1.35 bits per heavy atom. The van der Waals surface area contributed by atoms with Crippen molar-refractivity contribution in [1.29, 1.82) is 0 Å². The molecule has 0 aromatic carbocycles. The molecular formula is C11H9Cl2NOS2. The Balaban J connectivity index is 2.19. The average Bonchev–Trinajstić information content (AvgIpc) is 2.71. The van der Waals surface area contributed by atoms with Crippen LogP contribution in [0.3, 0.4) is 0 Å². The molecule has 0 unspecified atom stereocenters. The van der Waals surface area contributed by atoms with Crippen LogP contribution in [0.2, 0.25) is 8.67 Å². The van der Waals surface area contributed by atoms with E-state index in [0.717, 1.165) is 15.6 Å². The molecule has 2 aromatic heterocycles. The number of carbonyl (C=O) groups is 1. The SMILES string of the molecule is Cc1nc(CC(=O)c2cc(Cl)sc2Cl)sc1C. The number of carbonyl (C=O) groups excluding carboxylic acids is 1. The molecule has 0 aliphatic carbocycles. The maximum absolute atomic E-state index is 12.0. The second-order valence-corrected chi connectivity index (χ2v) is 7.16. The quantitative estimate of drug-likeness (QED) is 0.778. The maximum Gasteiger partial charge on any atom is 0.172 e. The summed E-state index contributed by atoms with van der Waals surface area (Å²) in [6, 6.07) is 1.62.